The molecule has 0 bridgehead atoms. The van der Waals surface area contributed by atoms with E-state index >= 15 is 0 Å². The standard InChI is InChI=1S/C15H17N3O6/c1-4-7-16(8-5-2)14-12(17(21)22)9-11(15(19)20)10(6-3)13(14)18(23)24/h4-5,9H,1-2,6-8H2,3H3,(H,19,20). The highest BCUT2D eigenvalue weighted by Gasteiger charge is 2.35. The first-order chi connectivity index (χ1) is 11.3. The Bertz CT molecular complexity index is 704. The average Bonchev–Trinajstić information content (AvgIpc) is 2.51. The lowest BCUT2D eigenvalue weighted by molar-refractivity contribution is -0.393. The van der Waals surface area contributed by atoms with Gasteiger partial charge in [0, 0.05) is 24.7 Å². The van der Waals surface area contributed by atoms with Crippen LogP contribution in [0, 0.1) is 20.2 Å². The third-order valence-corrected chi connectivity index (χ3v) is 3.34. The Kier molecular flexibility index (Phi) is 6.16. The maximum Gasteiger partial charge on any atom is 0.336 e. The SMILES string of the molecule is C=CCN(CC=C)c1c([N+](=O)[O-])cc(C(=O)O)c(CC)c1[N+](=O)[O-]. The van der Waals surface area contributed by atoms with Gasteiger partial charge in [-0.2, -0.15) is 0 Å². The first kappa shape index (κ1) is 18.8. The van der Waals surface area contributed by atoms with E-state index in [1.807, 2.05) is 0 Å². The zero-order valence-corrected chi connectivity index (χ0v) is 13.1. The van der Waals surface area contributed by atoms with Gasteiger partial charge in [0.05, 0.1) is 15.4 Å². The van der Waals surface area contributed by atoms with Crippen LogP contribution in [0.2, 0.25) is 0 Å². The summed E-state index contributed by atoms with van der Waals surface area (Å²) in [6.07, 6.45) is 2.92. The van der Waals surface area contributed by atoms with Gasteiger partial charge in [-0.1, -0.05) is 19.1 Å². The molecule has 0 aromatic heterocycles. The summed E-state index contributed by atoms with van der Waals surface area (Å²) in [5.74, 6) is -1.46. The number of benzene rings is 1. The first-order valence-corrected chi connectivity index (χ1v) is 6.98. The average molecular weight is 335 g/mol. The number of carboxylic acid groups (broad SMARTS) is 1. The van der Waals surface area contributed by atoms with E-state index in [0.717, 1.165) is 6.07 Å². The molecule has 0 atom stereocenters. The van der Waals surface area contributed by atoms with Crippen molar-refractivity contribution in [1.82, 2.24) is 0 Å². The lowest BCUT2D eigenvalue weighted by Gasteiger charge is -2.22. The summed E-state index contributed by atoms with van der Waals surface area (Å²) in [5, 5.41) is 32.2. The van der Waals surface area contributed by atoms with Crippen molar-refractivity contribution in [3.8, 4) is 0 Å². The highest BCUT2D eigenvalue weighted by atomic mass is 16.6. The first-order valence-electron chi connectivity index (χ1n) is 6.98. The fraction of sp³-hybridized carbons (Fsp3) is 0.267. The van der Waals surface area contributed by atoms with Crippen molar-refractivity contribution in [1.29, 1.82) is 0 Å². The minimum absolute atomic E-state index is 0.0406. The van der Waals surface area contributed by atoms with Crippen LogP contribution < -0.4 is 4.90 Å². The van der Waals surface area contributed by atoms with Crippen molar-refractivity contribution in [3.63, 3.8) is 0 Å². The largest absolute Gasteiger partial charge is 0.478 e. The highest BCUT2D eigenvalue weighted by Crippen LogP contribution is 2.42. The van der Waals surface area contributed by atoms with Gasteiger partial charge in [0.1, 0.15) is 0 Å². The Morgan fingerprint density at radius 2 is 1.79 bits per heavy atom. The predicted octanol–water partition coefficient (Wildman–Crippen LogP) is 2.94. The minimum atomic E-state index is -1.46. The fourth-order valence-corrected chi connectivity index (χ4v) is 2.45. The molecule has 0 unspecified atom stereocenters. The minimum Gasteiger partial charge on any atom is -0.478 e. The van der Waals surface area contributed by atoms with E-state index in [1.165, 1.54) is 17.1 Å². The Labute approximate surface area is 137 Å². The molecular formula is C15H17N3O6. The van der Waals surface area contributed by atoms with Crippen molar-refractivity contribution in [2.45, 2.75) is 13.3 Å². The van der Waals surface area contributed by atoms with Gasteiger partial charge in [-0.25, -0.2) is 4.79 Å². The maximum atomic E-state index is 11.6. The van der Waals surface area contributed by atoms with Crippen molar-refractivity contribution in [2.24, 2.45) is 0 Å². The predicted molar refractivity (Wildman–Crippen MR) is 88.7 cm³/mol. The molecule has 24 heavy (non-hydrogen) atoms. The van der Waals surface area contributed by atoms with Gasteiger partial charge in [0.15, 0.2) is 5.69 Å². The maximum absolute atomic E-state index is 11.6. The summed E-state index contributed by atoms with van der Waals surface area (Å²) in [5.41, 5.74) is -1.97. The van der Waals surface area contributed by atoms with Crippen LogP contribution in [0.25, 0.3) is 0 Å². The van der Waals surface area contributed by atoms with Crippen LogP contribution in [0.15, 0.2) is 31.4 Å². The topological polar surface area (TPSA) is 127 Å². The van der Waals surface area contributed by atoms with E-state index in [2.05, 4.69) is 13.2 Å². The molecule has 0 aliphatic rings. The molecule has 9 heteroatoms. The number of aromatic carboxylic acids is 1. The van der Waals surface area contributed by atoms with Crippen molar-refractivity contribution in [3.05, 3.63) is 62.7 Å². The molecule has 1 rings (SSSR count). The number of anilines is 1. The monoisotopic (exact) mass is 335 g/mol. The molecule has 0 heterocycles. The van der Waals surface area contributed by atoms with Crippen LogP contribution in [-0.2, 0) is 6.42 Å². The van der Waals surface area contributed by atoms with Crippen LogP contribution in [0.1, 0.15) is 22.8 Å². The molecule has 128 valence electrons. The van der Waals surface area contributed by atoms with E-state index in [0.29, 0.717) is 0 Å². The molecule has 0 amide bonds. The number of nitro benzene ring substituents is 2. The number of hydrogen-bond acceptors (Lipinski definition) is 6. The molecule has 1 aromatic carbocycles. The van der Waals surface area contributed by atoms with Gasteiger partial charge in [-0.05, 0) is 6.42 Å². The highest BCUT2D eigenvalue weighted by molar-refractivity contribution is 5.95. The Morgan fingerprint density at radius 3 is 2.12 bits per heavy atom. The normalized spacial score (nSPS) is 10.0. The second-order valence-electron chi connectivity index (χ2n) is 4.77. The summed E-state index contributed by atoms with van der Waals surface area (Å²) in [4.78, 5) is 34.1. The second-order valence-corrected chi connectivity index (χ2v) is 4.77. The number of carboxylic acids is 1. The van der Waals surface area contributed by atoms with E-state index < -0.39 is 32.8 Å². The van der Waals surface area contributed by atoms with Crippen molar-refractivity contribution in [2.75, 3.05) is 18.0 Å². The van der Waals surface area contributed by atoms with Gasteiger partial charge >= 0.3 is 17.3 Å². The second kappa shape index (κ2) is 7.86. The molecule has 1 aromatic rings. The third-order valence-electron chi connectivity index (χ3n) is 3.34. The van der Waals surface area contributed by atoms with Crippen LogP contribution in [0.3, 0.4) is 0 Å². The van der Waals surface area contributed by atoms with Crippen LogP contribution in [0.5, 0.6) is 0 Å². The van der Waals surface area contributed by atoms with Crippen molar-refractivity contribution >= 4 is 23.0 Å². The molecule has 1 N–H and O–H groups in total. The van der Waals surface area contributed by atoms with Gasteiger partial charge in [0.25, 0.3) is 0 Å². The van der Waals surface area contributed by atoms with Crippen LogP contribution in [-0.4, -0.2) is 34.0 Å². The fourth-order valence-electron chi connectivity index (χ4n) is 2.45. The van der Waals surface area contributed by atoms with Gasteiger partial charge < -0.3 is 10.0 Å². The summed E-state index contributed by atoms with van der Waals surface area (Å²) >= 11 is 0. The summed E-state index contributed by atoms with van der Waals surface area (Å²) in [6.45, 7) is 8.82. The van der Waals surface area contributed by atoms with E-state index in [4.69, 9.17) is 0 Å². The van der Waals surface area contributed by atoms with Gasteiger partial charge in [-0.3, -0.25) is 20.2 Å². The molecule has 0 saturated carbocycles. The molecule has 0 radical (unpaired) electrons. The summed E-state index contributed by atoms with van der Waals surface area (Å²) < 4.78 is 0. The van der Waals surface area contributed by atoms with Crippen LogP contribution >= 0.6 is 0 Å². The Hall–Kier alpha value is -3.23. The number of nitro groups is 2. The van der Waals surface area contributed by atoms with E-state index in [-0.39, 0.29) is 30.8 Å². The molecule has 0 saturated heterocycles. The molecule has 0 spiro atoms. The number of carbonyl (C=O) groups is 1. The molecule has 9 nitrogen and oxygen atoms in total. The summed E-state index contributed by atoms with van der Waals surface area (Å²) in [7, 11) is 0. The van der Waals surface area contributed by atoms with E-state index in [1.54, 1.807) is 6.92 Å². The smallest absolute Gasteiger partial charge is 0.336 e. The molecule has 0 aliphatic carbocycles. The number of hydrogen-bond donors (Lipinski definition) is 1. The quantitative estimate of drug-likeness (QED) is 0.417. The van der Waals surface area contributed by atoms with Crippen LogP contribution in [0.4, 0.5) is 17.1 Å². The molecule has 0 aliphatic heterocycles. The van der Waals surface area contributed by atoms with Gasteiger partial charge in [-0.15, -0.1) is 13.2 Å². The lowest BCUT2D eigenvalue weighted by atomic mass is 9.99. The number of rotatable bonds is 9. The Balaban J connectivity index is 3.97. The lowest BCUT2D eigenvalue weighted by Crippen LogP contribution is -2.26. The number of nitrogens with zero attached hydrogens (tertiary/aromatic N) is 3. The third kappa shape index (κ3) is 3.57. The zero-order chi connectivity index (χ0) is 18.4. The molecule has 0 fully saturated rings. The van der Waals surface area contributed by atoms with Gasteiger partial charge in [0.2, 0.25) is 0 Å². The summed E-state index contributed by atoms with van der Waals surface area (Å²) in [6, 6.07) is 0.864. The molecular weight excluding hydrogens is 318 g/mol. The van der Waals surface area contributed by atoms with Crippen molar-refractivity contribution < 1.29 is 19.7 Å². The zero-order valence-electron chi connectivity index (χ0n) is 13.1. The Morgan fingerprint density at radius 1 is 1.25 bits per heavy atom. The van der Waals surface area contributed by atoms with E-state index in [9.17, 15) is 30.1 Å².